The van der Waals surface area contributed by atoms with E-state index in [4.69, 9.17) is 0 Å². The fourth-order valence-corrected chi connectivity index (χ4v) is 2.66. The summed E-state index contributed by atoms with van der Waals surface area (Å²) in [5, 5.41) is 18.1. The summed E-state index contributed by atoms with van der Waals surface area (Å²) in [6.45, 7) is 3.83. The third-order valence-electron chi connectivity index (χ3n) is 4.39. The van der Waals surface area contributed by atoms with Crippen molar-refractivity contribution in [2.24, 2.45) is 0 Å². The van der Waals surface area contributed by atoms with Gasteiger partial charge in [-0.3, -0.25) is 14.9 Å². The number of rotatable bonds is 6. The van der Waals surface area contributed by atoms with Crippen molar-refractivity contribution in [2.45, 2.75) is 26.3 Å². The Hall–Kier alpha value is -3.55. The van der Waals surface area contributed by atoms with E-state index in [9.17, 15) is 19.3 Å². The number of benzene rings is 2. The lowest BCUT2D eigenvalue weighted by Crippen LogP contribution is -2.33. The van der Waals surface area contributed by atoms with Gasteiger partial charge in [0.25, 0.3) is 11.6 Å². The molecule has 0 saturated heterocycles. The Labute approximate surface area is 161 Å². The molecule has 3 aromatic rings. The lowest BCUT2D eigenvalue weighted by atomic mass is 10.1. The van der Waals surface area contributed by atoms with E-state index in [1.807, 2.05) is 13.8 Å². The Morgan fingerprint density at radius 3 is 2.54 bits per heavy atom. The number of carbonyl (C=O) groups is 1. The molecule has 0 saturated carbocycles. The van der Waals surface area contributed by atoms with Crippen molar-refractivity contribution in [1.29, 1.82) is 0 Å². The lowest BCUT2D eigenvalue weighted by Gasteiger charge is -2.12. The Balaban J connectivity index is 2.09. The SMILES string of the molecule is CC[C@H](C)NC(=O)c1cc(-c2ccccc2F)nn1-c1ccc([N+](=O)[O-])cc1. The Kier molecular flexibility index (Phi) is 5.49. The summed E-state index contributed by atoms with van der Waals surface area (Å²) < 4.78 is 15.6. The van der Waals surface area contributed by atoms with Gasteiger partial charge in [0, 0.05) is 23.7 Å². The molecule has 1 amide bonds. The number of hydrogen-bond donors (Lipinski definition) is 1. The predicted octanol–water partition coefficient (Wildman–Crippen LogP) is 4.11. The molecule has 8 heteroatoms. The van der Waals surface area contributed by atoms with Crippen LogP contribution in [0.1, 0.15) is 30.8 Å². The van der Waals surface area contributed by atoms with Gasteiger partial charge in [-0.05, 0) is 43.7 Å². The molecule has 1 aromatic heterocycles. The van der Waals surface area contributed by atoms with Gasteiger partial charge in [-0.1, -0.05) is 19.1 Å². The minimum absolute atomic E-state index is 0.0513. The number of nitro groups is 1. The highest BCUT2D eigenvalue weighted by molar-refractivity contribution is 5.94. The fraction of sp³-hybridized carbons (Fsp3) is 0.200. The van der Waals surface area contributed by atoms with Gasteiger partial charge in [0.1, 0.15) is 11.5 Å². The standard InChI is InChI=1S/C20H19FN4O3/c1-3-13(2)22-20(26)19-12-18(16-6-4-5-7-17(16)21)23-24(19)14-8-10-15(11-9-14)25(27)28/h4-13H,3H2,1-2H3,(H,22,26)/t13-/m0/s1. The Morgan fingerprint density at radius 2 is 1.93 bits per heavy atom. The zero-order valence-electron chi connectivity index (χ0n) is 15.4. The second-order valence-corrected chi connectivity index (χ2v) is 6.36. The summed E-state index contributed by atoms with van der Waals surface area (Å²) in [6, 6.07) is 13.3. The summed E-state index contributed by atoms with van der Waals surface area (Å²) in [7, 11) is 0. The first-order valence-electron chi connectivity index (χ1n) is 8.81. The monoisotopic (exact) mass is 382 g/mol. The number of halogens is 1. The van der Waals surface area contributed by atoms with Crippen LogP contribution < -0.4 is 5.32 Å². The van der Waals surface area contributed by atoms with Crippen LogP contribution in [0.2, 0.25) is 0 Å². The first-order valence-corrected chi connectivity index (χ1v) is 8.81. The van der Waals surface area contributed by atoms with Crippen molar-refractivity contribution in [2.75, 3.05) is 0 Å². The Morgan fingerprint density at radius 1 is 1.25 bits per heavy atom. The topological polar surface area (TPSA) is 90.1 Å². The van der Waals surface area contributed by atoms with Crippen molar-refractivity contribution in [1.82, 2.24) is 15.1 Å². The quantitative estimate of drug-likeness (QED) is 0.513. The molecule has 28 heavy (non-hydrogen) atoms. The molecule has 0 aliphatic carbocycles. The van der Waals surface area contributed by atoms with Crippen molar-refractivity contribution in [3.05, 3.63) is 76.2 Å². The first-order chi connectivity index (χ1) is 13.4. The molecule has 0 radical (unpaired) electrons. The van der Waals surface area contributed by atoms with E-state index < -0.39 is 10.7 Å². The van der Waals surface area contributed by atoms with Gasteiger partial charge in [-0.2, -0.15) is 5.10 Å². The summed E-state index contributed by atoms with van der Waals surface area (Å²) in [5.74, 6) is -0.812. The summed E-state index contributed by atoms with van der Waals surface area (Å²) in [5.41, 5.74) is 1.16. The van der Waals surface area contributed by atoms with Crippen molar-refractivity contribution in [3.63, 3.8) is 0 Å². The Bertz CT molecular complexity index is 1010. The third-order valence-corrected chi connectivity index (χ3v) is 4.39. The summed E-state index contributed by atoms with van der Waals surface area (Å²) >= 11 is 0. The van der Waals surface area contributed by atoms with Crippen LogP contribution in [-0.2, 0) is 0 Å². The molecule has 2 aromatic carbocycles. The average molecular weight is 382 g/mol. The van der Waals surface area contributed by atoms with Crippen LogP contribution in [0.4, 0.5) is 10.1 Å². The van der Waals surface area contributed by atoms with Crippen LogP contribution in [0.15, 0.2) is 54.6 Å². The van der Waals surface area contributed by atoms with E-state index in [-0.39, 0.29) is 28.9 Å². The lowest BCUT2D eigenvalue weighted by molar-refractivity contribution is -0.384. The molecular formula is C20H19FN4O3. The zero-order valence-corrected chi connectivity index (χ0v) is 15.4. The predicted molar refractivity (Wildman–Crippen MR) is 103 cm³/mol. The van der Waals surface area contributed by atoms with Gasteiger partial charge in [0.2, 0.25) is 0 Å². The smallest absolute Gasteiger partial charge is 0.270 e. The number of nitrogens with one attached hydrogen (secondary N) is 1. The molecule has 1 atom stereocenters. The minimum atomic E-state index is -0.506. The van der Waals surface area contributed by atoms with Crippen molar-refractivity contribution >= 4 is 11.6 Å². The van der Waals surface area contributed by atoms with Crippen LogP contribution in [0.25, 0.3) is 16.9 Å². The largest absolute Gasteiger partial charge is 0.348 e. The second kappa shape index (κ2) is 7.99. The van der Waals surface area contributed by atoms with Crippen LogP contribution in [0.5, 0.6) is 0 Å². The minimum Gasteiger partial charge on any atom is -0.348 e. The molecular weight excluding hydrogens is 363 g/mol. The van der Waals surface area contributed by atoms with E-state index in [0.717, 1.165) is 6.42 Å². The van der Waals surface area contributed by atoms with Gasteiger partial charge in [-0.15, -0.1) is 0 Å². The maximum Gasteiger partial charge on any atom is 0.270 e. The fourth-order valence-electron chi connectivity index (χ4n) is 2.66. The first kappa shape index (κ1) is 19.2. The number of amides is 1. The maximum atomic E-state index is 14.2. The normalized spacial score (nSPS) is 11.8. The molecule has 0 aliphatic rings. The molecule has 0 unspecified atom stereocenters. The van der Waals surface area contributed by atoms with Gasteiger partial charge in [0.05, 0.1) is 16.3 Å². The molecule has 3 rings (SSSR count). The van der Waals surface area contributed by atoms with E-state index in [0.29, 0.717) is 11.4 Å². The van der Waals surface area contributed by atoms with Gasteiger partial charge >= 0.3 is 0 Å². The summed E-state index contributed by atoms with van der Waals surface area (Å²) in [4.78, 5) is 23.1. The molecule has 1 N–H and O–H groups in total. The highest BCUT2D eigenvalue weighted by Gasteiger charge is 2.20. The molecule has 1 heterocycles. The van der Waals surface area contributed by atoms with E-state index >= 15 is 0 Å². The molecule has 144 valence electrons. The zero-order chi connectivity index (χ0) is 20.3. The number of carbonyl (C=O) groups excluding carboxylic acids is 1. The number of nitrogens with zero attached hydrogens (tertiary/aromatic N) is 3. The van der Waals surface area contributed by atoms with E-state index in [1.165, 1.54) is 41.1 Å². The highest BCUT2D eigenvalue weighted by atomic mass is 19.1. The summed E-state index contributed by atoms with van der Waals surface area (Å²) in [6.07, 6.45) is 0.748. The van der Waals surface area contributed by atoms with Gasteiger partial charge < -0.3 is 5.32 Å². The van der Waals surface area contributed by atoms with Crippen molar-refractivity contribution < 1.29 is 14.1 Å². The van der Waals surface area contributed by atoms with Crippen LogP contribution in [0, 0.1) is 15.9 Å². The van der Waals surface area contributed by atoms with Gasteiger partial charge in [0.15, 0.2) is 0 Å². The van der Waals surface area contributed by atoms with E-state index in [1.54, 1.807) is 18.2 Å². The molecule has 0 fully saturated rings. The second-order valence-electron chi connectivity index (χ2n) is 6.36. The number of non-ortho nitro benzene ring substituents is 1. The van der Waals surface area contributed by atoms with Crippen LogP contribution in [0.3, 0.4) is 0 Å². The van der Waals surface area contributed by atoms with Gasteiger partial charge in [-0.25, -0.2) is 9.07 Å². The van der Waals surface area contributed by atoms with Crippen LogP contribution in [-0.4, -0.2) is 26.7 Å². The number of nitro benzene ring substituents is 1. The molecule has 0 bridgehead atoms. The third kappa shape index (κ3) is 3.90. The van der Waals surface area contributed by atoms with Crippen molar-refractivity contribution in [3.8, 4) is 16.9 Å². The van der Waals surface area contributed by atoms with Crippen LogP contribution >= 0.6 is 0 Å². The molecule has 0 spiro atoms. The van der Waals surface area contributed by atoms with E-state index in [2.05, 4.69) is 10.4 Å². The maximum absolute atomic E-state index is 14.2. The average Bonchev–Trinajstić information content (AvgIpc) is 3.13. The number of hydrogen-bond acceptors (Lipinski definition) is 4. The molecule has 0 aliphatic heterocycles. The highest BCUT2D eigenvalue weighted by Crippen LogP contribution is 2.25. The molecule has 7 nitrogen and oxygen atoms in total. The number of aromatic nitrogens is 2.